The number of fused-ring (bicyclic) bond motifs is 5. The number of allylic oxidation sites excluding steroid dienone is 1. The van der Waals surface area contributed by atoms with E-state index in [1.807, 2.05) is 24.4 Å². The maximum Gasteiger partial charge on any atom is 0.128 e. The molecule has 0 saturated carbocycles. The SMILES string of the molecule is C=C1Cc2ncccc2-c2c1n(Cc1ccccc1F)c1cc(CC)c(C)cc21. The Morgan fingerprint density at radius 3 is 2.72 bits per heavy atom. The highest BCUT2D eigenvalue weighted by Crippen LogP contribution is 2.45. The third-order valence-electron chi connectivity index (χ3n) is 6.06. The molecule has 0 bridgehead atoms. The van der Waals surface area contributed by atoms with Gasteiger partial charge < -0.3 is 4.57 Å². The summed E-state index contributed by atoms with van der Waals surface area (Å²) in [6.07, 6.45) is 3.53. The molecule has 0 saturated heterocycles. The van der Waals surface area contributed by atoms with E-state index in [1.54, 1.807) is 6.07 Å². The van der Waals surface area contributed by atoms with Crippen LogP contribution < -0.4 is 0 Å². The highest BCUT2D eigenvalue weighted by molar-refractivity contribution is 6.05. The van der Waals surface area contributed by atoms with Gasteiger partial charge in [0, 0.05) is 40.2 Å². The second-order valence-corrected chi connectivity index (χ2v) is 7.83. The molecule has 0 unspecified atom stereocenters. The standard InChI is InChI=1S/C26H23FN2/c1-4-18-14-24-21(12-16(18)2)25-20-9-7-11-28-23(20)13-17(3)26(25)29(24)15-19-8-5-6-10-22(19)27/h5-12,14H,3-4,13,15H2,1-2H3. The molecule has 3 heteroatoms. The van der Waals surface area contributed by atoms with Gasteiger partial charge >= 0.3 is 0 Å². The van der Waals surface area contributed by atoms with Crippen LogP contribution in [-0.4, -0.2) is 9.55 Å². The Hall–Kier alpha value is -3.20. The normalized spacial score (nSPS) is 12.9. The lowest BCUT2D eigenvalue weighted by atomic mass is 9.88. The smallest absolute Gasteiger partial charge is 0.128 e. The average Bonchev–Trinajstić information content (AvgIpc) is 3.03. The molecule has 0 amide bonds. The minimum atomic E-state index is -0.172. The van der Waals surface area contributed by atoms with E-state index in [2.05, 4.69) is 48.2 Å². The van der Waals surface area contributed by atoms with Crippen molar-refractivity contribution in [1.82, 2.24) is 9.55 Å². The van der Waals surface area contributed by atoms with Gasteiger partial charge in [-0.1, -0.05) is 37.8 Å². The van der Waals surface area contributed by atoms with E-state index >= 15 is 0 Å². The van der Waals surface area contributed by atoms with Crippen LogP contribution in [0.4, 0.5) is 4.39 Å². The molecule has 5 rings (SSSR count). The van der Waals surface area contributed by atoms with Gasteiger partial charge in [-0.25, -0.2) is 4.39 Å². The Morgan fingerprint density at radius 2 is 1.93 bits per heavy atom. The molecule has 1 aliphatic carbocycles. The van der Waals surface area contributed by atoms with Gasteiger partial charge in [-0.2, -0.15) is 0 Å². The van der Waals surface area contributed by atoms with Crippen molar-refractivity contribution in [2.75, 3.05) is 0 Å². The first-order valence-corrected chi connectivity index (χ1v) is 10.1. The van der Waals surface area contributed by atoms with Crippen LogP contribution in [0.1, 0.15) is 35.0 Å². The minimum Gasteiger partial charge on any atom is -0.336 e. The topological polar surface area (TPSA) is 17.8 Å². The highest BCUT2D eigenvalue weighted by atomic mass is 19.1. The zero-order valence-electron chi connectivity index (χ0n) is 16.8. The molecule has 29 heavy (non-hydrogen) atoms. The molecule has 0 spiro atoms. The molecule has 0 radical (unpaired) electrons. The molecule has 2 aromatic carbocycles. The molecule has 2 nitrogen and oxygen atoms in total. The third kappa shape index (κ3) is 2.72. The van der Waals surface area contributed by atoms with Crippen molar-refractivity contribution in [3.8, 4) is 11.1 Å². The van der Waals surface area contributed by atoms with Crippen LogP contribution in [-0.2, 0) is 19.4 Å². The fourth-order valence-corrected chi connectivity index (χ4v) is 4.62. The number of pyridine rings is 1. The summed E-state index contributed by atoms with van der Waals surface area (Å²) >= 11 is 0. The molecule has 0 fully saturated rings. The van der Waals surface area contributed by atoms with Crippen LogP contribution in [0.25, 0.3) is 27.6 Å². The van der Waals surface area contributed by atoms with Crippen LogP contribution in [0.3, 0.4) is 0 Å². The number of halogens is 1. The van der Waals surface area contributed by atoms with Crippen LogP contribution in [0.2, 0.25) is 0 Å². The Bertz CT molecular complexity index is 1280. The number of nitrogens with zero attached hydrogens (tertiary/aromatic N) is 2. The van der Waals surface area contributed by atoms with E-state index in [-0.39, 0.29) is 5.82 Å². The van der Waals surface area contributed by atoms with Gasteiger partial charge in [-0.3, -0.25) is 4.98 Å². The molecule has 2 aromatic heterocycles. The van der Waals surface area contributed by atoms with Gasteiger partial charge in [0.1, 0.15) is 5.82 Å². The Balaban J connectivity index is 1.87. The van der Waals surface area contributed by atoms with Crippen LogP contribution in [0.15, 0.2) is 61.3 Å². The molecule has 0 aliphatic heterocycles. The van der Waals surface area contributed by atoms with Crippen LogP contribution in [0, 0.1) is 12.7 Å². The summed E-state index contributed by atoms with van der Waals surface area (Å²) in [7, 11) is 0. The quantitative estimate of drug-likeness (QED) is 0.405. The zero-order valence-corrected chi connectivity index (χ0v) is 16.8. The van der Waals surface area contributed by atoms with Crippen molar-refractivity contribution in [2.45, 2.75) is 33.2 Å². The summed E-state index contributed by atoms with van der Waals surface area (Å²) in [5.41, 5.74) is 9.98. The first kappa shape index (κ1) is 17.9. The molecule has 4 aromatic rings. The maximum absolute atomic E-state index is 14.5. The summed E-state index contributed by atoms with van der Waals surface area (Å²) in [6.45, 7) is 9.21. The van der Waals surface area contributed by atoms with Gasteiger partial charge in [-0.15, -0.1) is 0 Å². The fraction of sp³-hybridized carbons (Fsp3) is 0.192. The molecular weight excluding hydrogens is 359 g/mol. The molecule has 0 atom stereocenters. The molecular formula is C26H23FN2. The van der Waals surface area contributed by atoms with Gasteiger partial charge in [0.2, 0.25) is 0 Å². The lowest BCUT2D eigenvalue weighted by molar-refractivity contribution is 0.601. The number of benzene rings is 2. The fourth-order valence-electron chi connectivity index (χ4n) is 4.62. The summed E-state index contributed by atoms with van der Waals surface area (Å²) in [5, 5.41) is 1.20. The predicted octanol–water partition coefficient (Wildman–Crippen LogP) is 6.33. The van der Waals surface area contributed by atoms with Gasteiger partial charge in [0.25, 0.3) is 0 Å². The lowest BCUT2D eigenvalue weighted by Gasteiger charge is -2.21. The number of aromatic nitrogens is 2. The number of hydrogen-bond donors (Lipinski definition) is 0. The summed E-state index contributed by atoms with van der Waals surface area (Å²) < 4.78 is 16.8. The van der Waals surface area contributed by atoms with Crippen molar-refractivity contribution in [1.29, 1.82) is 0 Å². The van der Waals surface area contributed by atoms with E-state index in [4.69, 9.17) is 0 Å². The minimum absolute atomic E-state index is 0.172. The Labute approximate surface area is 170 Å². The Kier molecular flexibility index (Phi) is 4.13. The summed E-state index contributed by atoms with van der Waals surface area (Å²) in [5.74, 6) is -0.172. The molecule has 2 heterocycles. The number of aryl methyl sites for hydroxylation is 2. The van der Waals surface area contributed by atoms with Crippen molar-refractivity contribution >= 4 is 16.5 Å². The van der Waals surface area contributed by atoms with Crippen molar-refractivity contribution in [3.05, 3.63) is 95.2 Å². The van der Waals surface area contributed by atoms with Crippen molar-refractivity contribution < 1.29 is 4.39 Å². The van der Waals surface area contributed by atoms with E-state index in [9.17, 15) is 4.39 Å². The van der Waals surface area contributed by atoms with E-state index < -0.39 is 0 Å². The third-order valence-corrected chi connectivity index (χ3v) is 6.06. The van der Waals surface area contributed by atoms with Gasteiger partial charge in [0.05, 0.1) is 17.9 Å². The van der Waals surface area contributed by atoms with E-state index in [1.165, 1.54) is 28.1 Å². The van der Waals surface area contributed by atoms with E-state index in [0.29, 0.717) is 12.1 Å². The lowest BCUT2D eigenvalue weighted by Crippen LogP contribution is -2.10. The first-order chi connectivity index (χ1) is 14.1. The highest BCUT2D eigenvalue weighted by Gasteiger charge is 2.28. The average molecular weight is 382 g/mol. The van der Waals surface area contributed by atoms with E-state index in [0.717, 1.165) is 40.9 Å². The summed E-state index contributed by atoms with van der Waals surface area (Å²) in [4.78, 5) is 4.61. The second-order valence-electron chi connectivity index (χ2n) is 7.83. The Morgan fingerprint density at radius 1 is 1.10 bits per heavy atom. The monoisotopic (exact) mass is 382 g/mol. The van der Waals surface area contributed by atoms with Crippen LogP contribution in [0.5, 0.6) is 0 Å². The maximum atomic E-state index is 14.5. The van der Waals surface area contributed by atoms with Crippen molar-refractivity contribution in [2.24, 2.45) is 0 Å². The summed E-state index contributed by atoms with van der Waals surface area (Å²) in [6, 6.07) is 15.7. The number of rotatable bonds is 3. The molecule has 144 valence electrons. The van der Waals surface area contributed by atoms with Gasteiger partial charge in [0.15, 0.2) is 0 Å². The van der Waals surface area contributed by atoms with Gasteiger partial charge in [-0.05, 0) is 54.3 Å². The largest absolute Gasteiger partial charge is 0.336 e. The second kappa shape index (κ2) is 6.70. The van der Waals surface area contributed by atoms with Crippen LogP contribution >= 0.6 is 0 Å². The first-order valence-electron chi connectivity index (χ1n) is 10.1. The van der Waals surface area contributed by atoms with Crippen molar-refractivity contribution in [3.63, 3.8) is 0 Å². The number of hydrogen-bond acceptors (Lipinski definition) is 1. The molecule has 1 aliphatic rings. The zero-order chi connectivity index (χ0) is 20.1. The molecule has 0 N–H and O–H groups in total. The predicted molar refractivity (Wildman–Crippen MR) is 118 cm³/mol.